The lowest BCUT2D eigenvalue weighted by atomic mass is 10.1. The number of pyridine rings is 1. The molecule has 3 N–H and O–H groups in total. The predicted octanol–water partition coefficient (Wildman–Crippen LogP) is 3.45. The Hall–Kier alpha value is -2.95. The van der Waals surface area contributed by atoms with E-state index in [9.17, 15) is 4.39 Å². The molecule has 0 atom stereocenters. The Kier molecular flexibility index (Phi) is 3.23. The highest BCUT2D eigenvalue weighted by molar-refractivity contribution is 6.03. The summed E-state index contributed by atoms with van der Waals surface area (Å²) in [5.41, 5.74) is 6.59. The van der Waals surface area contributed by atoms with Gasteiger partial charge in [-0.3, -0.25) is 10.4 Å². The molecule has 3 rings (SSSR count). The number of hydrogen-bond acceptors (Lipinski definition) is 3. The summed E-state index contributed by atoms with van der Waals surface area (Å²) in [5.74, 6) is -0.248. The first-order chi connectivity index (χ1) is 10.2. The van der Waals surface area contributed by atoms with Gasteiger partial charge in [0, 0.05) is 11.6 Å². The summed E-state index contributed by atoms with van der Waals surface area (Å²) in [6.45, 7) is 0. The van der Waals surface area contributed by atoms with E-state index in [1.54, 1.807) is 18.2 Å². The molecule has 0 aliphatic rings. The van der Waals surface area contributed by atoms with E-state index in [4.69, 9.17) is 15.9 Å². The Morgan fingerprint density at radius 1 is 1.10 bits per heavy atom. The quantitative estimate of drug-likeness (QED) is 0.570. The van der Waals surface area contributed by atoms with Crippen LogP contribution in [0, 0.1) is 11.2 Å². The largest absolute Gasteiger partial charge is 0.453 e. The molecular weight excluding hydrogens is 269 g/mol. The maximum Gasteiger partial charge on any atom is 0.165 e. The predicted molar refractivity (Wildman–Crippen MR) is 79.2 cm³/mol. The normalized spacial score (nSPS) is 10.5. The van der Waals surface area contributed by atoms with E-state index in [0.29, 0.717) is 22.2 Å². The summed E-state index contributed by atoms with van der Waals surface area (Å²) in [6, 6.07) is 13.4. The van der Waals surface area contributed by atoms with Gasteiger partial charge in [0.25, 0.3) is 0 Å². The lowest BCUT2D eigenvalue weighted by molar-refractivity contribution is 0.445. The van der Waals surface area contributed by atoms with Gasteiger partial charge in [-0.2, -0.15) is 0 Å². The first kappa shape index (κ1) is 13.1. The molecule has 0 saturated carbocycles. The highest BCUT2D eigenvalue weighted by Gasteiger charge is 2.14. The first-order valence-electron chi connectivity index (χ1n) is 6.31. The molecular formula is C16H12FN3O. The number of para-hydroxylation sites is 2. The Labute approximate surface area is 120 Å². The van der Waals surface area contributed by atoms with Gasteiger partial charge in [-0.05, 0) is 24.3 Å². The van der Waals surface area contributed by atoms with Crippen molar-refractivity contribution < 1.29 is 9.13 Å². The number of benzene rings is 2. The molecule has 1 aromatic heterocycles. The molecule has 0 amide bonds. The number of nitrogen functional groups attached to an aromatic ring is 1. The number of nitrogens with zero attached hydrogens (tertiary/aromatic N) is 1. The Balaban J connectivity index is 2.21. The van der Waals surface area contributed by atoms with Crippen LogP contribution in [0.25, 0.3) is 10.9 Å². The maximum absolute atomic E-state index is 13.8. The molecule has 104 valence electrons. The van der Waals surface area contributed by atoms with Crippen molar-refractivity contribution in [3.05, 3.63) is 66.1 Å². The molecule has 0 saturated heterocycles. The van der Waals surface area contributed by atoms with E-state index in [1.165, 1.54) is 18.3 Å². The molecule has 4 nitrogen and oxygen atoms in total. The van der Waals surface area contributed by atoms with Crippen molar-refractivity contribution in [2.24, 2.45) is 5.73 Å². The van der Waals surface area contributed by atoms with Crippen LogP contribution >= 0.6 is 0 Å². The zero-order valence-corrected chi connectivity index (χ0v) is 11.0. The Morgan fingerprint density at radius 3 is 2.57 bits per heavy atom. The van der Waals surface area contributed by atoms with Crippen LogP contribution in [0.2, 0.25) is 0 Å². The van der Waals surface area contributed by atoms with Crippen LogP contribution in [0.1, 0.15) is 5.56 Å². The van der Waals surface area contributed by atoms with Crippen molar-refractivity contribution in [2.75, 3.05) is 0 Å². The minimum atomic E-state index is -0.479. The van der Waals surface area contributed by atoms with Crippen LogP contribution < -0.4 is 10.5 Å². The van der Waals surface area contributed by atoms with Gasteiger partial charge in [-0.1, -0.05) is 24.3 Å². The van der Waals surface area contributed by atoms with Crippen molar-refractivity contribution in [1.82, 2.24) is 4.98 Å². The Morgan fingerprint density at radius 2 is 1.81 bits per heavy atom. The molecule has 0 unspecified atom stereocenters. The number of hydrogen-bond donors (Lipinski definition) is 2. The second kappa shape index (κ2) is 5.20. The van der Waals surface area contributed by atoms with Crippen molar-refractivity contribution >= 4 is 16.7 Å². The lowest BCUT2D eigenvalue weighted by Crippen LogP contribution is -2.13. The third kappa shape index (κ3) is 2.41. The second-order valence-electron chi connectivity index (χ2n) is 4.46. The van der Waals surface area contributed by atoms with Gasteiger partial charge in [0.05, 0.1) is 11.1 Å². The number of fused-ring (bicyclic) bond motifs is 1. The summed E-state index contributed by atoms with van der Waals surface area (Å²) in [7, 11) is 0. The van der Waals surface area contributed by atoms with Crippen molar-refractivity contribution in [1.29, 1.82) is 5.41 Å². The molecule has 0 bridgehead atoms. The van der Waals surface area contributed by atoms with Gasteiger partial charge < -0.3 is 10.5 Å². The Bertz CT molecular complexity index is 833. The van der Waals surface area contributed by atoms with Crippen molar-refractivity contribution in [3.8, 4) is 11.5 Å². The zero-order chi connectivity index (χ0) is 14.8. The third-order valence-corrected chi connectivity index (χ3v) is 3.06. The molecule has 3 aromatic rings. The number of amidine groups is 1. The van der Waals surface area contributed by atoms with Crippen molar-refractivity contribution in [2.45, 2.75) is 0 Å². The average Bonchev–Trinajstić information content (AvgIpc) is 2.49. The summed E-state index contributed by atoms with van der Waals surface area (Å²) in [5, 5.41) is 8.31. The smallest absolute Gasteiger partial charge is 0.165 e. The van der Waals surface area contributed by atoms with E-state index < -0.39 is 5.82 Å². The van der Waals surface area contributed by atoms with Crippen LogP contribution in [-0.4, -0.2) is 10.8 Å². The number of nitrogens with one attached hydrogen (secondary N) is 1. The fourth-order valence-electron chi connectivity index (χ4n) is 2.06. The summed E-state index contributed by atoms with van der Waals surface area (Å²) >= 11 is 0. The van der Waals surface area contributed by atoms with Crippen LogP contribution in [0.4, 0.5) is 4.39 Å². The van der Waals surface area contributed by atoms with Gasteiger partial charge in [-0.15, -0.1) is 0 Å². The van der Waals surface area contributed by atoms with Crippen LogP contribution in [0.15, 0.2) is 54.7 Å². The summed E-state index contributed by atoms with van der Waals surface area (Å²) < 4.78 is 19.5. The minimum absolute atomic E-state index is 0.0800. The number of aromatic nitrogens is 1. The molecule has 1 heterocycles. The number of ether oxygens (including phenoxy) is 1. The lowest BCUT2D eigenvalue weighted by Gasteiger charge is -2.13. The van der Waals surface area contributed by atoms with Gasteiger partial charge in [0.15, 0.2) is 11.6 Å². The molecule has 0 fully saturated rings. The van der Waals surface area contributed by atoms with E-state index in [-0.39, 0.29) is 11.6 Å². The molecule has 0 aliphatic carbocycles. The number of nitrogens with two attached hydrogens (primary N) is 1. The molecule has 2 aromatic carbocycles. The fraction of sp³-hybridized carbons (Fsp3) is 0. The maximum atomic E-state index is 13.8. The highest BCUT2D eigenvalue weighted by atomic mass is 19.1. The van der Waals surface area contributed by atoms with Gasteiger partial charge in [0.2, 0.25) is 0 Å². The standard InChI is InChI=1S/C16H12FN3O/c17-12-6-2-4-8-14(12)21-15-10-5-1-3-7-13(10)20-9-11(15)16(18)19/h1-9H,(H3,18,19). The molecule has 21 heavy (non-hydrogen) atoms. The topological polar surface area (TPSA) is 72.0 Å². The van der Waals surface area contributed by atoms with Crippen LogP contribution in [-0.2, 0) is 0 Å². The minimum Gasteiger partial charge on any atom is -0.453 e. The SMILES string of the molecule is N=C(N)c1cnc2ccccc2c1Oc1ccccc1F. The molecule has 0 radical (unpaired) electrons. The van der Waals surface area contributed by atoms with Crippen LogP contribution in [0.3, 0.4) is 0 Å². The highest BCUT2D eigenvalue weighted by Crippen LogP contribution is 2.33. The van der Waals surface area contributed by atoms with E-state index in [0.717, 1.165) is 0 Å². The summed E-state index contributed by atoms with van der Waals surface area (Å²) in [4.78, 5) is 4.23. The van der Waals surface area contributed by atoms with Gasteiger partial charge in [-0.25, -0.2) is 4.39 Å². The monoisotopic (exact) mass is 281 g/mol. The first-order valence-corrected chi connectivity index (χ1v) is 6.31. The van der Waals surface area contributed by atoms with Gasteiger partial charge >= 0.3 is 0 Å². The number of halogens is 1. The molecule has 0 aliphatic heterocycles. The number of rotatable bonds is 3. The third-order valence-electron chi connectivity index (χ3n) is 3.06. The fourth-order valence-corrected chi connectivity index (χ4v) is 2.06. The zero-order valence-electron chi connectivity index (χ0n) is 11.0. The average molecular weight is 281 g/mol. The molecule has 0 spiro atoms. The van der Waals surface area contributed by atoms with Crippen molar-refractivity contribution in [3.63, 3.8) is 0 Å². The summed E-state index contributed by atoms with van der Waals surface area (Å²) in [6.07, 6.45) is 1.46. The van der Waals surface area contributed by atoms with E-state index >= 15 is 0 Å². The van der Waals surface area contributed by atoms with E-state index in [1.807, 2.05) is 18.2 Å². The van der Waals surface area contributed by atoms with Crippen LogP contribution in [0.5, 0.6) is 11.5 Å². The second-order valence-corrected chi connectivity index (χ2v) is 4.46. The van der Waals surface area contributed by atoms with E-state index in [2.05, 4.69) is 4.98 Å². The molecule has 5 heteroatoms. The van der Waals surface area contributed by atoms with Gasteiger partial charge in [0.1, 0.15) is 11.6 Å².